The molecule has 14 nitrogen and oxygen atoms in total. The molecule has 0 aliphatic heterocycles. The lowest BCUT2D eigenvalue weighted by molar-refractivity contribution is -0.169. The molecule has 0 N–H and O–H groups in total. The molecule has 0 unspecified atom stereocenters. The summed E-state index contributed by atoms with van der Waals surface area (Å²) in [5, 5.41) is 0. The highest BCUT2D eigenvalue weighted by molar-refractivity contribution is 6.34. The summed E-state index contributed by atoms with van der Waals surface area (Å²) in [5.41, 5.74) is 3.78. The average molecular weight is 929 g/mol. The molecule has 0 spiro atoms. The predicted octanol–water partition coefficient (Wildman–Crippen LogP) is 8.32. The molecule has 0 aliphatic carbocycles. The smallest absolute Gasteiger partial charge is 0.374 e. The van der Waals surface area contributed by atoms with Crippen molar-refractivity contribution in [1.82, 2.24) is 0 Å². The molecule has 0 aromatic heterocycles. The first-order valence-corrected chi connectivity index (χ1v) is 22.8. The number of esters is 4. The standard InChI is InChI=1S/C53H68O14/c1-8-9-10-11-14-40-17-19-41(20-18-40)15-12-29-62-45-24-21-42(22-25-45)43-23-26-48(44(33-43)16-13-30-63-49(56)38(2)3)64-34-53(35-65-50(57)39(4)5,36-66-51(58)46(54)27-31-60-6)37-67-52(59)47(55)28-32-61-7/h17-26,33H,2,4,8-16,27-32,34-37H2,1,3,5-7H3. The molecule has 0 fully saturated rings. The number of benzene rings is 3. The number of ether oxygens (including phenoxy) is 8. The molecular weight excluding hydrogens is 861 g/mol. The van der Waals surface area contributed by atoms with Gasteiger partial charge in [0, 0.05) is 38.2 Å². The molecule has 0 radical (unpaired) electrons. The molecule has 3 aromatic carbocycles. The lowest BCUT2D eigenvalue weighted by atomic mass is 9.91. The lowest BCUT2D eigenvalue weighted by Gasteiger charge is -2.32. The molecule has 0 aliphatic rings. The second kappa shape index (κ2) is 30.2. The third-order valence-electron chi connectivity index (χ3n) is 10.6. The normalized spacial score (nSPS) is 11.0. The molecule has 0 amide bonds. The van der Waals surface area contributed by atoms with E-state index in [4.69, 9.17) is 37.9 Å². The maximum absolute atomic E-state index is 12.8. The van der Waals surface area contributed by atoms with E-state index < -0.39 is 67.3 Å². The second-order valence-corrected chi connectivity index (χ2v) is 16.6. The molecule has 0 saturated carbocycles. The minimum absolute atomic E-state index is 0.0299. The van der Waals surface area contributed by atoms with Crippen LogP contribution in [0.2, 0.25) is 0 Å². The van der Waals surface area contributed by atoms with Gasteiger partial charge in [0.05, 0.1) is 26.4 Å². The van der Waals surface area contributed by atoms with Gasteiger partial charge in [-0.05, 0) is 104 Å². The van der Waals surface area contributed by atoms with Crippen molar-refractivity contribution in [2.75, 3.05) is 67.1 Å². The largest absolute Gasteiger partial charge is 0.494 e. The van der Waals surface area contributed by atoms with Gasteiger partial charge in [0.1, 0.15) is 43.3 Å². The number of hydrogen-bond donors (Lipinski definition) is 0. The van der Waals surface area contributed by atoms with Crippen molar-refractivity contribution in [3.8, 4) is 22.6 Å². The van der Waals surface area contributed by atoms with Gasteiger partial charge in [0.2, 0.25) is 11.6 Å². The number of unbranched alkanes of at least 4 members (excludes halogenated alkanes) is 3. The van der Waals surface area contributed by atoms with Crippen molar-refractivity contribution in [3.05, 3.63) is 108 Å². The van der Waals surface area contributed by atoms with Gasteiger partial charge in [-0.25, -0.2) is 19.2 Å². The highest BCUT2D eigenvalue weighted by Gasteiger charge is 2.39. The molecule has 0 saturated heterocycles. The van der Waals surface area contributed by atoms with E-state index in [9.17, 15) is 28.8 Å². The number of carbonyl (C=O) groups is 6. The Labute approximate surface area is 395 Å². The topological polar surface area (TPSA) is 176 Å². The predicted molar refractivity (Wildman–Crippen MR) is 253 cm³/mol. The Morgan fingerprint density at radius 3 is 1.55 bits per heavy atom. The molecule has 0 atom stereocenters. The minimum Gasteiger partial charge on any atom is -0.494 e. The minimum atomic E-state index is -1.64. The number of rotatable bonds is 34. The van der Waals surface area contributed by atoms with Crippen molar-refractivity contribution < 1.29 is 66.7 Å². The Morgan fingerprint density at radius 2 is 1.01 bits per heavy atom. The van der Waals surface area contributed by atoms with Crippen LogP contribution >= 0.6 is 0 Å². The third kappa shape index (κ3) is 20.5. The molecule has 3 aromatic rings. The highest BCUT2D eigenvalue weighted by atomic mass is 16.6. The van der Waals surface area contributed by atoms with Gasteiger partial charge in [-0.15, -0.1) is 0 Å². The van der Waals surface area contributed by atoms with Gasteiger partial charge < -0.3 is 37.9 Å². The van der Waals surface area contributed by atoms with Crippen molar-refractivity contribution in [1.29, 1.82) is 0 Å². The fraction of sp³-hybridized carbons (Fsp3) is 0.472. The van der Waals surface area contributed by atoms with Crippen LogP contribution in [0.15, 0.2) is 91.0 Å². The molecule has 0 bridgehead atoms. The first-order chi connectivity index (χ1) is 32.2. The zero-order valence-corrected chi connectivity index (χ0v) is 39.9. The van der Waals surface area contributed by atoms with Crippen LogP contribution in [0.1, 0.15) is 88.8 Å². The van der Waals surface area contributed by atoms with Crippen molar-refractivity contribution in [2.45, 2.75) is 91.4 Å². The Hall–Kier alpha value is -6.12. The van der Waals surface area contributed by atoms with E-state index in [1.165, 1.54) is 58.0 Å². The number of carbonyl (C=O) groups excluding carboxylic acids is 6. The van der Waals surface area contributed by atoms with E-state index in [0.29, 0.717) is 30.8 Å². The van der Waals surface area contributed by atoms with E-state index in [-0.39, 0.29) is 43.8 Å². The number of hydrogen-bond acceptors (Lipinski definition) is 14. The first kappa shape index (κ1) is 55.2. The monoisotopic (exact) mass is 928 g/mol. The SMILES string of the molecule is C=C(C)C(=O)OCCCc1cc(-c2ccc(OCCCc3ccc(CCCCCC)cc3)cc2)ccc1OCC(COC(=O)C(=C)C)(COC(=O)C(=O)CCOC)COC(=O)C(=O)CCOC. The van der Waals surface area contributed by atoms with Gasteiger partial charge in [0.25, 0.3) is 0 Å². The zero-order valence-electron chi connectivity index (χ0n) is 39.9. The van der Waals surface area contributed by atoms with Crippen molar-refractivity contribution in [3.63, 3.8) is 0 Å². The number of methoxy groups -OCH3 is 2. The third-order valence-corrected chi connectivity index (χ3v) is 10.6. The van der Waals surface area contributed by atoms with Gasteiger partial charge in [-0.1, -0.05) is 81.8 Å². The molecular formula is C53H68O14. The van der Waals surface area contributed by atoms with E-state index in [2.05, 4.69) is 44.3 Å². The molecule has 14 heteroatoms. The Balaban J connectivity index is 1.85. The molecule has 0 heterocycles. The van der Waals surface area contributed by atoms with E-state index in [0.717, 1.165) is 36.1 Å². The van der Waals surface area contributed by atoms with Crippen LogP contribution < -0.4 is 9.47 Å². The summed E-state index contributed by atoms with van der Waals surface area (Å²) in [4.78, 5) is 75.5. The summed E-state index contributed by atoms with van der Waals surface area (Å²) in [7, 11) is 2.75. The van der Waals surface area contributed by atoms with Crippen LogP contribution in [0.4, 0.5) is 0 Å². The summed E-state index contributed by atoms with van der Waals surface area (Å²) in [6.07, 6.45) is 8.17. The molecule has 364 valence electrons. The van der Waals surface area contributed by atoms with Crippen molar-refractivity contribution >= 4 is 35.4 Å². The van der Waals surface area contributed by atoms with Crippen LogP contribution in [-0.4, -0.2) is 103 Å². The second-order valence-electron chi connectivity index (χ2n) is 16.6. The van der Waals surface area contributed by atoms with Gasteiger partial charge >= 0.3 is 23.9 Å². The quantitative estimate of drug-likeness (QED) is 0.0184. The fourth-order valence-electron chi connectivity index (χ4n) is 6.50. The van der Waals surface area contributed by atoms with Gasteiger partial charge in [-0.3, -0.25) is 9.59 Å². The van der Waals surface area contributed by atoms with Crippen LogP contribution in [0.25, 0.3) is 11.1 Å². The fourth-order valence-corrected chi connectivity index (χ4v) is 6.50. The number of Topliss-reactive ketones (excluding diaryl/α,β-unsaturated/α-hetero) is 2. The average Bonchev–Trinajstić information content (AvgIpc) is 3.33. The maximum Gasteiger partial charge on any atom is 0.374 e. The van der Waals surface area contributed by atoms with Crippen LogP contribution in [0.3, 0.4) is 0 Å². The summed E-state index contributed by atoms with van der Waals surface area (Å²) < 4.78 is 44.0. The van der Waals surface area contributed by atoms with Crippen LogP contribution in [-0.2, 0) is 76.5 Å². The first-order valence-electron chi connectivity index (χ1n) is 22.8. The number of ketones is 2. The van der Waals surface area contributed by atoms with Crippen LogP contribution in [0.5, 0.6) is 11.5 Å². The Kier molecular flexibility index (Phi) is 24.9. The van der Waals surface area contributed by atoms with Crippen molar-refractivity contribution in [2.24, 2.45) is 5.41 Å². The van der Waals surface area contributed by atoms with Crippen LogP contribution in [0, 0.1) is 5.41 Å². The summed E-state index contributed by atoms with van der Waals surface area (Å²) in [5.74, 6) is -4.38. The zero-order chi connectivity index (χ0) is 49.0. The Bertz CT molecular complexity index is 2050. The van der Waals surface area contributed by atoms with E-state index in [1.54, 1.807) is 13.0 Å². The van der Waals surface area contributed by atoms with E-state index >= 15 is 0 Å². The lowest BCUT2D eigenvalue weighted by Crippen LogP contribution is -2.45. The summed E-state index contributed by atoms with van der Waals surface area (Å²) >= 11 is 0. The molecule has 67 heavy (non-hydrogen) atoms. The van der Waals surface area contributed by atoms with Gasteiger partial charge in [0.15, 0.2) is 0 Å². The summed E-state index contributed by atoms with van der Waals surface area (Å²) in [6.45, 7) is 10.9. The molecule has 3 rings (SSSR count). The Morgan fingerprint density at radius 1 is 0.507 bits per heavy atom. The van der Waals surface area contributed by atoms with Gasteiger partial charge in [-0.2, -0.15) is 0 Å². The highest BCUT2D eigenvalue weighted by Crippen LogP contribution is 2.31. The number of aryl methyl sites for hydroxylation is 3. The maximum atomic E-state index is 12.8. The summed E-state index contributed by atoms with van der Waals surface area (Å²) in [6, 6.07) is 22.1. The van der Waals surface area contributed by atoms with E-state index in [1.807, 2.05) is 36.4 Å².